The zero-order valence-electron chi connectivity index (χ0n) is 17.6. The minimum absolute atomic E-state index is 0.0259. The van der Waals surface area contributed by atoms with Gasteiger partial charge >= 0.3 is 6.18 Å². The number of hydrogen-bond donors (Lipinski definition) is 1. The van der Waals surface area contributed by atoms with Gasteiger partial charge in [0.1, 0.15) is 17.8 Å². The minimum atomic E-state index is -4.40. The summed E-state index contributed by atoms with van der Waals surface area (Å²) in [6, 6.07) is 10.4. The molecule has 2 aromatic heterocycles. The van der Waals surface area contributed by atoms with E-state index in [9.17, 15) is 18.0 Å². The average molecular weight is 452 g/mol. The van der Waals surface area contributed by atoms with Gasteiger partial charge in [-0.25, -0.2) is 14.6 Å². The highest BCUT2D eigenvalue weighted by Crippen LogP contribution is 2.36. The third kappa shape index (κ3) is 3.67. The number of amides is 1. The van der Waals surface area contributed by atoms with Crippen LogP contribution in [0.15, 0.2) is 48.8 Å². The van der Waals surface area contributed by atoms with Crippen molar-refractivity contribution in [2.75, 3.05) is 17.2 Å². The lowest BCUT2D eigenvalue weighted by Gasteiger charge is -2.18. The van der Waals surface area contributed by atoms with Crippen LogP contribution in [0.3, 0.4) is 0 Å². The highest BCUT2D eigenvalue weighted by atomic mass is 19.4. The Morgan fingerprint density at radius 3 is 2.61 bits per heavy atom. The van der Waals surface area contributed by atoms with E-state index >= 15 is 0 Å². The van der Waals surface area contributed by atoms with Gasteiger partial charge in [0.2, 0.25) is 5.91 Å². The first kappa shape index (κ1) is 20.9. The van der Waals surface area contributed by atoms with E-state index in [0.29, 0.717) is 41.1 Å². The van der Waals surface area contributed by atoms with Crippen LogP contribution in [-0.4, -0.2) is 32.2 Å². The van der Waals surface area contributed by atoms with Gasteiger partial charge in [-0.1, -0.05) is 18.2 Å². The van der Waals surface area contributed by atoms with Crippen LogP contribution >= 0.6 is 0 Å². The number of halogens is 3. The van der Waals surface area contributed by atoms with Crippen LogP contribution in [0.4, 0.5) is 24.7 Å². The Kier molecular flexibility index (Phi) is 4.80. The molecule has 0 unspecified atom stereocenters. The van der Waals surface area contributed by atoms with Crippen molar-refractivity contribution in [3.63, 3.8) is 0 Å². The smallest absolute Gasteiger partial charge is 0.383 e. The Balaban J connectivity index is 1.40. The highest BCUT2D eigenvalue weighted by Gasteiger charge is 2.30. The summed E-state index contributed by atoms with van der Waals surface area (Å²) in [5, 5.41) is 5.23. The van der Waals surface area contributed by atoms with Crippen LogP contribution in [0.5, 0.6) is 0 Å². The average Bonchev–Trinajstić information content (AvgIpc) is 3.35. The van der Waals surface area contributed by atoms with Gasteiger partial charge in [0.15, 0.2) is 5.65 Å². The SMILES string of the molecule is Cn1nc(-c2ccc3c(c2)CCN3C(=O)Cc2ccc(C(F)(F)F)cc2)c2c(N)ncnc21. The predicted octanol–water partition coefficient (Wildman–Crippen LogP) is 3.76. The molecule has 168 valence electrons. The second-order valence-corrected chi connectivity index (χ2v) is 7.94. The van der Waals surface area contributed by atoms with E-state index in [0.717, 1.165) is 28.9 Å². The molecule has 1 aliphatic heterocycles. The van der Waals surface area contributed by atoms with E-state index in [1.54, 1.807) is 16.6 Å². The van der Waals surface area contributed by atoms with Crippen molar-refractivity contribution in [3.05, 3.63) is 65.5 Å². The van der Waals surface area contributed by atoms with Gasteiger partial charge in [-0.15, -0.1) is 0 Å². The van der Waals surface area contributed by atoms with Gasteiger partial charge < -0.3 is 10.6 Å². The molecule has 4 aromatic rings. The molecular formula is C23H19F3N6O. The number of aryl methyl sites for hydroxylation is 1. The fraction of sp³-hybridized carbons (Fsp3) is 0.217. The number of fused-ring (bicyclic) bond motifs is 2. The third-order valence-corrected chi connectivity index (χ3v) is 5.84. The topological polar surface area (TPSA) is 89.9 Å². The largest absolute Gasteiger partial charge is 0.416 e. The van der Waals surface area contributed by atoms with Gasteiger partial charge in [0.25, 0.3) is 0 Å². The zero-order valence-corrected chi connectivity index (χ0v) is 17.6. The van der Waals surface area contributed by atoms with Gasteiger partial charge in [0, 0.05) is 24.8 Å². The molecule has 2 N–H and O–H groups in total. The minimum Gasteiger partial charge on any atom is -0.383 e. The van der Waals surface area contributed by atoms with Crippen molar-refractivity contribution >= 4 is 28.4 Å². The summed E-state index contributed by atoms with van der Waals surface area (Å²) in [5.74, 6) is 0.180. The molecule has 0 bridgehead atoms. The van der Waals surface area contributed by atoms with Crippen molar-refractivity contribution in [3.8, 4) is 11.3 Å². The molecule has 1 amide bonds. The number of anilines is 2. The van der Waals surface area contributed by atoms with Crippen LogP contribution < -0.4 is 10.6 Å². The monoisotopic (exact) mass is 452 g/mol. The summed E-state index contributed by atoms with van der Waals surface area (Å²) in [5.41, 5.74) is 9.80. The summed E-state index contributed by atoms with van der Waals surface area (Å²) in [4.78, 5) is 22.9. The number of hydrogen-bond acceptors (Lipinski definition) is 5. The normalized spacial score (nSPS) is 13.5. The number of aromatic nitrogens is 4. The summed E-state index contributed by atoms with van der Waals surface area (Å²) in [6.45, 7) is 0.506. The Labute approximate surface area is 186 Å². The Morgan fingerprint density at radius 1 is 1.12 bits per heavy atom. The molecule has 0 saturated carbocycles. The van der Waals surface area contributed by atoms with Crippen molar-refractivity contribution in [1.82, 2.24) is 19.7 Å². The number of nitrogens with two attached hydrogens (primary N) is 1. The molecule has 0 aliphatic carbocycles. The molecule has 7 nitrogen and oxygen atoms in total. The molecule has 5 rings (SSSR count). The molecule has 10 heteroatoms. The van der Waals surface area contributed by atoms with Gasteiger partial charge in [-0.05, 0) is 41.8 Å². The van der Waals surface area contributed by atoms with Crippen molar-refractivity contribution in [2.24, 2.45) is 7.05 Å². The lowest BCUT2D eigenvalue weighted by Crippen LogP contribution is -2.30. The first-order valence-corrected chi connectivity index (χ1v) is 10.3. The van der Waals surface area contributed by atoms with Crippen LogP contribution in [0, 0.1) is 0 Å². The first-order valence-electron chi connectivity index (χ1n) is 10.3. The molecule has 3 heterocycles. The maximum atomic E-state index is 12.9. The van der Waals surface area contributed by atoms with Gasteiger partial charge in [-0.2, -0.15) is 18.3 Å². The van der Waals surface area contributed by atoms with Crippen molar-refractivity contribution in [1.29, 1.82) is 0 Å². The standard InChI is InChI=1S/C23H19F3N6O/c1-31-22-19(21(27)28-12-29-22)20(30-31)15-4-7-17-14(11-15)8-9-32(17)18(33)10-13-2-5-16(6-3-13)23(24,25)26/h2-7,11-12H,8-10H2,1H3,(H2,27,28,29). The zero-order chi connectivity index (χ0) is 23.3. The Hall–Kier alpha value is -3.95. The lowest BCUT2D eigenvalue weighted by atomic mass is 10.0. The summed E-state index contributed by atoms with van der Waals surface area (Å²) in [6.07, 6.45) is -2.31. The predicted molar refractivity (Wildman–Crippen MR) is 117 cm³/mol. The number of nitrogens with zero attached hydrogens (tertiary/aromatic N) is 5. The molecule has 2 aromatic carbocycles. The van der Waals surface area contributed by atoms with Crippen LogP contribution in [-0.2, 0) is 30.9 Å². The second-order valence-electron chi connectivity index (χ2n) is 7.94. The van der Waals surface area contributed by atoms with Crippen molar-refractivity contribution < 1.29 is 18.0 Å². The molecule has 0 atom stereocenters. The van der Waals surface area contributed by atoms with E-state index in [1.807, 2.05) is 18.2 Å². The second kappa shape index (κ2) is 7.58. The lowest BCUT2D eigenvalue weighted by molar-refractivity contribution is -0.137. The number of alkyl halides is 3. The number of rotatable bonds is 3. The summed E-state index contributed by atoms with van der Waals surface area (Å²) >= 11 is 0. The quantitative estimate of drug-likeness (QED) is 0.511. The van der Waals surface area contributed by atoms with Gasteiger partial charge in [0.05, 0.1) is 17.4 Å². The molecule has 0 spiro atoms. The molecule has 1 aliphatic rings. The van der Waals surface area contributed by atoms with Crippen LogP contribution in [0.25, 0.3) is 22.3 Å². The maximum Gasteiger partial charge on any atom is 0.416 e. The third-order valence-electron chi connectivity index (χ3n) is 5.84. The fourth-order valence-electron chi connectivity index (χ4n) is 4.20. The van der Waals surface area contributed by atoms with E-state index in [1.165, 1.54) is 18.5 Å². The van der Waals surface area contributed by atoms with E-state index in [2.05, 4.69) is 15.1 Å². The number of carbonyl (C=O) groups excluding carboxylic acids is 1. The Bertz CT molecular complexity index is 1380. The van der Waals surface area contributed by atoms with E-state index in [-0.39, 0.29) is 12.3 Å². The summed E-state index contributed by atoms with van der Waals surface area (Å²) in [7, 11) is 1.79. The maximum absolute atomic E-state index is 12.9. The number of carbonyl (C=O) groups is 1. The number of nitrogen functional groups attached to an aromatic ring is 1. The first-order chi connectivity index (χ1) is 15.7. The van der Waals surface area contributed by atoms with Gasteiger partial charge in [-0.3, -0.25) is 4.79 Å². The fourth-order valence-corrected chi connectivity index (χ4v) is 4.20. The Morgan fingerprint density at radius 2 is 1.88 bits per heavy atom. The summed E-state index contributed by atoms with van der Waals surface area (Å²) < 4.78 is 39.9. The molecular weight excluding hydrogens is 433 g/mol. The van der Waals surface area contributed by atoms with Crippen LogP contribution in [0.2, 0.25) is 0 Å². The molecule has 33 heavy (non-hydrogen) atoms. The molecule has 0 saturated heterocycles. The molecule has 0 fully saturated rings. The number of benzene rings is 2. The molecule has 0 radical (unpaired) electrons. The van der Waals surface area contributed by atoms with E-state index < -0.39 is 11.7 Å². The van der Waals surface area contributed by atoms with Crippen molar-refractivity contribution in [2.45, 2.75) is 19.0 Å². The van der Waals surface area contributed by atoms with E-state index in [4.69, 9.17) is 5.73 Å². The van der Waals surface area contributed by atoms with Crippen LogP contribution in [0.1, 0.15) is 16.7 Å². The highest BCUT2D eigenvalue weighted by molar-refractivity contribution is 6.00.